The molecule has 26 heavy (non-hydrogen) atoms. The van der Waals surface area contributed by atoms with Crippen LogP contribution < -0.4 is 10.1 Å². The molecule has 3 aromatic rings. The van der Waals surface area contributed by atoms with Crippen molar-refractivity contribution in [1.29, 1.82) is 0 Å². The van der Waals surface area contributed by atoms with Gasteiger partial charge in [0.1, 0.15) is 5.75 Å². The predicted molar refractivity (Wildman–Crippen MR) is 107 cm³/mol. The van der Waals surface area contributed by atoms with Gasteiger partial charge < -0.3 is 10.1 Å². The molecule has 1 atom stereocenters. The zero-order valence-electron chi connectivity index (χ0n) is 15.4. The quantitative estimate of drug-likeness (QED) is 0.631. The first-order valence-electron chi connectivity index (χ1n) is 9.11. The van der Waals surface area contributed by atoms with Crippen molar-refractivity contribution in [2.75, 3.05) is 6.54 Å². The first kappa shape index (κ1) is 18.0. The summed E-state index contributed by atoms with van der Waals surface area (Å²) in [6.07, 6.45) is 1.34. The van der Waals surface area contributed by atoms with Crippen molar-refractivity contribution in [2.24, 2.45) is 0 Å². The second-order valence-corrected chi connectivity index (χ2v) is 6.62. The molecule has 1 N–H and O–H groups in total. The number of hydrogen-bond acceptors (Lipinski definition) is 2. The summed E-state index contributed by atoms with van der Waals surface area (Å²) in [4.78, 5) is 12.3. The zero-order valence-corrected chi connectivity index (χ0v) is 15.4. The van der Waals surface area contributed by atoms with E-state index in [0.29, 0.717) is 6.54 Å². The molecule has 0 saturated heterocycles. The second-order valence-electron chi connectivity index (χ2n) is 6.62. The van der Waals surface area contributed by atoms with Gasteiger partial charge in [-0.25, -0.2) is 0 Å². The van der Waals surface area contributed by atoms with Gasteiger partial charge in [-0.05, 0) is 43.7 Å². The Kier molecular flexibility index (Phi) is 5.90. The Hall–Kier alpha value is -2.81. The van der Waals surface area contributed by atoms with E-state index in [9.17, 15) is 4.79 Å². The van der Waals surface area contributed by atoms with E-state index in [1.165, 1.54) is 11.1 Å². The molecule has 0 bridgehead atoms. The number of amides is 1. The van der Waals surface area contributed by atoms with Gasteiger partial charge in [0.05, 0.1) is 0 Å². The average Bonchev–Trinajstić information content (AvgIpc) is 2.66. The lowest BCUT2D eigenvalue weighted by molar-refractivity contribution is -0.127. The Bertz CT molecular complexity index is 866. The smallest absolute Gasteiger partial charge is 0.260 e. The summed E-state index contributed by atoms with van der Waals surface area (Å²) in [5.74, 6) is 0.659. The first-order valence-corrected chi connectivity index (χ1v) is 9.11. The van der Waals surface area contributed by atoms with E-state index in [1.54, 1.807) is 6.92 Å². The predicted octanol–water partition coefficient (Wildman–Crippen LogP) is 4.66. The van der Waals surface area contributed by atoms with Crippen LogP contribution in [0.1, 0.15) is 24.5 Å². The van der Waals surface area contributed by atoms with Crippen molar-refractivity contribution in [2.45, 2.75) is 32.8 Å². The van der Waals surface area contributed by atoms with E-state index >= 15 is 0 Å². The number of rotatable bonds is 7. The molecule has 0 saturated carbocycles. The maximum Gasteiger partial charge on any atom is 0.260 e. The van der Waals surface area contributed by atoms with Gasteiger partial charge in [0.15, 0.2) is 6.10 Å². The Labute approximate surface area is 155 Å². The van der Waals surface area contributed by atoms with Crippen LogP contribution in [-0.4, -0.2) is 18.6 Å². The molecule has 0 aliphatic heterocycles. The highest BCUT2D eigenvalue weighted by atomic mass is 16.5. The highest BCUT2D eigenvalue weighted by Gasteiger charge is 2.15. The summed E-state index contributed by atoms with van der Waals surface area (Å²) < 4.78 is 5.91. The molecule has 134 valence electrons. The largest absolute Gasteiger partial charge is 0.480 e. The van der Waals surface area contributed by atoms with Crippen LogP contribution in [0.2, 0.25) is 0 Å². The van der Waals surface area contributed by atoms with Gasteiger partial charge in [-0.2, -0.15) is 0 Å². The highest BCUT2D eigenvalue weighted by molar-refractivity contribution is 5.89. The number of carbonyl (C=O) groups is 1. The summed E-state index contributed by atoms with van der Waals surface area (Å²) >= 11 is 0. The summed E-state index contributed by atoms with van der Waals surface area (Å²) in [6, 6.07) is 22.4. The number of ether oxygens (including phenoxy) is 1. The molecular weight excluding hydrogens is 322 g/mol. The summed E-state index contributed by atoms with van der Waals surface area (Å²) in [5, 5.41) is 5.10. The third-order valence-electron chi connectivity index (χ3n) is 4.48. The van der Waals surface area contributed by atoms with Gasteiger partial charge in [0, 0.05) is 11.9 Å². The molecule has 0 aliphatic carbocycles. The summed E-state index contributed by atoms with van der Waals surface area (Å²) in [5.41, 5.74) is 2.56. The fraction of sp³-hybridized carbons (Fsp3) is 0.261. The van der Waals surface area contributed by atoms with Crippen LogP contribution in [0.4, 0.5) is 0 Å². The first-order chi connectivity index (χ1) is 12.6. The minimum absolute atomic E-state index is 0.0816. The van der Waals surface area contributed by atoms with Gasteiger partial charge in [0.2, 0.25) is 0 Å². The fourth-order valence-corrected chi connectivity index (χ4v) is 2.95. The van der Waals surface area contributed by atoms with Crippen molar-refractivity contribution in [1.82, 2.24) is 5.32 Å². The van der Waals surface area contributed by atoms with Crippen molar-refractivity contribution < 1.29 is 9.53 Å². The molecule has 0 radical (unpaired) electrons. The van der Waals surface area contributed by atoms with Crippen molar-refractivity contribution in [3.05, 3.63) is 77.9 Å². The van der Waals surface area contributed by atoms with Gasteiger partial charge in [-0.3, -0.25) is 4.79 Å². The molecule has 0 aromatic heterocycles. The van der Waals surface area contributed by atoms with Gasteiger partial charge in [-0.15, -0.1) is 0 Å². The Morgan fingerprint density at radius 3 is 2.54 bits per heavy atom. The number of aryl methyl sites for hydroxylation is 2. The molecule has 3 nitrogen and oxygen atoms in total. The molecule has 3 rings (SSSR count). The van der Waals surface area contributed by atoms with E-state index in [2.05, 4.69) is 36.5 Å². The second kappa shape index (κ2) is 8.52. The number of nitrogens with one attached hydrogen (secondary N) is 1. The number of fused-ring (bicyclic) bond motifs is 1. The third-order valence-corrected chi connectivity index (χ3v) is 4.48. The lowest BCUT2D eigenvalue weighted by Crippen LogP contribution is -2.37. The van der Waals surface area contributed by atoms with Gasteiger partial charge in [0.25, 0.3) is 5.91 Å². The van der Waals surface area contributed by atoms with E-state index < -0.39 is 6.10 Å². The topological polar surface area (TPSA) is 38.3 Å². The van der Waals surface area contributed by atoms with E-state index in [4.69, 9.17) is 4.74 Å². The van der Waals surface area contributed by atoms with Crippen molar-refractivity contribution >= 4 is 16.7 Å². The summed E-state index contributed by atoms with van der Waals surface area (Å²) in [6.45, 7) is 4.52. The minimum Gasteiger partial charge on any atom is -0.480 e. The van der Waals surface area contributed by atoms with Crippen LogP contribution in [0.15, 0.2) is 66.7 Å². The van der Waals surface area contributed by atoms with Crippen LogP contribution in [0.25, 0.3) is 10.8 Å². The van der Waals surface area contributed by atoms with Gasteiger partial charge in [-0.1, -0.05) is 66.2 Å². The molecule has 0 fully saturated rings. The van der Waals surface area contributed by atoms with E-state index in [0.717, 1.165) is 29.4 Å². The highest BCUT2D eigenvalue weighted by Crippen LogP contribution is 2.26. The maximum atomic E-state index is 12.3. The molecular formula is C23H25NO2. The SMILES string of the molecule is Cc1ccc(CCCNC(=O)C(C)Oc2cccc3ccccc23)cc1. The molecule has 0 spiro atoms. The lowest BCUT2D eigenvalue weighted by Gasteiger charge is -2.16. The average molecular weight is 347 g/mol. The molecule has 1 amide bonds. The fourth-order valence-electron chi connectivity index (χ4n) is 2.95. The normalized spacial score (nSPS) is 11.9. The van der Waals surface area contributed by atoms with E-state index in [1.807, 2.05) is 42.5 Å². The summed E-state index contributed by atoms with van der Waals surface area (Å²) in [7, 11) is 0. The van der Waals surface area contributed by atoms with Gasteiger partial charge >= 0.3 is 0 Å². The molecule has 0 aliphatic rings. The maximum absolute atomic E-state index is 12.3. The zero-order chi connectivity index (χ0) is 18.4. The standard InChI is InChI=1S/C23H25NO2/c1-17-12-14-19(15-13-17)7-6-16-24-23(25)18(2)26-22-11-5-9-20-8-3-4-10-21(20)22/h3-5,8-15,18H,6-7,16H2,1-2H3,(H,24,25). The Balaban J connectivity index is 1.49. The molecule has 0 heterocycles. The lowest BCUT2D eigenvalue weighted by atomic mass is 10.1. The van der Waals surface area contributed by atoms with Crippen LogP contribution in [0.5, 0.6) is 5.75 Å². The number of hydrogen-bond donors (Lipinski definition) is 1. The molecule has 3 heteroatoms. The Morgan fingerprint density at radius 2 is 1.73 bits per heavy atom. The van der Waals surface area contributed by atoms with Crippen LogP contribution in [0, 0.1) is 6.92 Å². The van der Waals surface area contributed by atoms with Crippen LogP contribution >= 0.6 is 0 Å². The monoisotopic (exact) mass is 347 g/mol. The third kappa shape index (κ3) is 4.63. The molecule has 3 aromatic carbocycles. The number of carbonyl (C=O) groups excluding carboxylic acids is 1. The minimum atomic E-state index is -0.528. The molecule has 1 unspecified atom stereocenters. The number of benzene rings is 3. The Morgan fingerprint density at radius 1 is 1.00 bits per heavy atom. The van der Waals surface area contributed by atoms with Crippen LogP contribution in [-0.2, 0) is 11.2 Å². The van der Waals surface area contributed by atoms with Crippen molar-refractivity contribution in [3.63, 3.8) is 0 Å². The van der Waals surface area contributed by atoms with Crippen LogP contribution in [0.3, 0.4) is 0 Å². The van der Waals surface area contributed by atoms with E-state index in [-0.39, 0.29) is 5.91 Å². The van der Waals surface area contributed by atoms with Crippen molar-refractivity contribution in [3.8, 4) is 5.75 Å².